The summed E-state index contributed by atoms with van der Waals surface area (Å²) in [5, 5.41) is 0. The Morgan fingerprint density at radius 1 is 1.00 bits per heavy atom. The molecule has 0 saturated heterocycles. The molecule has 8 heteroatoms. The van der Waals surface area contributed by atoms with Gasteiger partial charge in [-0.05, 0) is 0 Å². The summed E-state index contributed by atoms with van der Waals surface area (Å²) in [7, 11) is -5.65. The van der Waals surface area contributed by atoms with Crippen LogP contribution in [-0.4, -0.2) is 13.0 Å². The average molecular weight is 255 g/mol. The molecule has 1 rings (SSSR count). The minimum Gasteiger partial charge on any atom is -0.744 e. The lowest BCUT2D eigenvalue weighted by molar-refractivity contribution is 0.397. The third-order valence-corrected chi connectivity index (χ3v) is 2.57. The van der Waals surface area contributed by atoms with Crippen molar-refractivity contribution in [3.8, 4) is 0 Å². The first kappa shape index (κ1) is 12.7. The molecule has 0 saturated carbocycles. The van der Waals surface area contributed by atoms with Crippen LogP contribution in [0.25, 0.3) is 6.08 Å². The van der Waals surface area contributed by atoms with Crippen molar-refractivity contribution in [2.24, 2.45) is 0 Å². The maximum Gasteiger partial charge on any atom is 0.180 e. The zero-order chi connectivity index (χ0) is 12.7. The Morgan fingerprint density at radius 3 is 1.62 bits per heavy atom. The number of hydrogen-bond donors (Lipinski definition) is 0. The van der Waals surface area contributed by atoms with Crippen molar-refractivity contribution in [1.29, 1.82) is 0 Å². The topological polar surface area (TPSA) is 57.2 Å². The van der Waals surface area contributed by atoms with Crippen LogP contribution < -0.4 is 0 Å². The Labute approximate surface area is 87.8 Å². The van der Waals surface area contributed by atoms with Crippen molar-refractivity contribution in [3.63, 3.8) is 0 Å². The molecule has 0 fully saturated rings. The molecule has 0 aliphatic carbocycles. The molecule has 16 heavy (non-hydrogen) atoms. The summed E-state index contributed by atoms with van der Waals surface area (Å²) in [6.45, 7) is 2.89. The number of benzene rings is 1. The highest BCUT2D eigenvalue weighted by Gasteiger charge is 2.27. The Hall–Kier alpha value is -1.41. The second kappa shape index (κ2) is 3.87. The van der Waals surface area contributed by atoms with E-state index in [2.05, 4.69) is 6.58 Å². The molecule has 0 unspecified atom stereocenters. The van der Waals surface area contributed by atoms with Crippen molar-refractivity contribution in [3.05, 3.63) is 35.4 Å². The van der Waals surface area contributed by atoms with E-state index in [-0.39, 0.29) is 0 Å². The van der Waals surface area contributed by atoms with Crippen LogP contribution in [0.4, 0.5) is 17.6 Å². The molecule has 0 bridgehead atoms. The highest BCUT2D eigenvalue weighted by molar-refractivity contribution is 7.85. The third kappa shape index (κ3) is 1.81. The molecular weight excluding hydrogens is 252 g/mol. The van der Waals surface area contributed by atoms with E-state index in [1.54, 1.807) is 0 Å². The molecule has 0 aromatic heterocycles. The first-order valence-electron chi connectivity index (χ1n) is 3.66. The molecule has 0 spiro atoms. The summed E-state index contributed by atoms with van der Waals surface area (Å²) in [5.41, 5.74) is -1.18. The minimum atomic E-state index is -5.65. The van der Waals surface area contributed by atoms with Gasteiger partial charge in [0.15, 0.2) is 23.3 Å². The zero-order valence-electron chi connectivity index (χ0n) is 7.43. The molecule has 0 N–H and O–H groups in total. The van der Waals surface area contributed by atoms with E-state index in [4.69, 9.17) is 0 Å². The SMILES string of the molecule is C=Cc1c(F)c(F)c(S(=O)(=O)[O-])c(F)c1F. The molecule has 1 aromatic carbocycles. The molecule has 0 atom stereocenters. The zero-order valence-corrected chi connectivity index (χ0v) is 8.25. The number of halogens is 4. The molecule has 0 amide bonds. The molecule has 1 aromatic rings. The van der Waals surface area contributed by atoms with Crippen LogP contribution in [0.1, 0.15) is 5.56 Å². The van der Waals surface area contributed by atoms with Gasteiger partial charge in [0.1, 0.15) is 15.0 Å². The fraction of sp³-hybridized carbons (Fsp3) is 0. The number of rotatable bonds is 2. The Bertz CT molecular complexity index is 536. The van der Waals surface area contributed by atoms with E-state index in [1.807, 2.05) is 0 Å². The van der Waals surface area contributed by atoms with Crippen LogP contribution in [0.2, 0.25) is 0 Å². The predicted molar refractivity (Wildman–Crippen MR) is 44.3 cm³/mol. The monoisotopic (exact) mass is 255 g/mol. The lowest BCUT2D eigenvalue weighted by atomic mass is 10.2. The van der Waals surface area contributed by atoms with E-state index in [1.165, 1.54) is 0 Å². The van der Waals surface area contributed by atoms with Crippen LogP contribution in [-0.2, 0) is 10.1 Å². The fourth-order valence-corrected chi connectivity index (χ4v) is 1.65. The van der Waals surface area contributed by atoms with Crippen molar-refractivity contribution in [1.82, 2.24) is 0 Å². The van der Waals surface area contributed by atoms with Crippen LogP contribution in [0, 0.1) is 23.3 Å². The van der Waals surface area contributed by atoms with E-state index >= 15 is 0 Å². The van der Waals surface area contributed by atoms with Gasteiger partial charge in [-0.25, -0.2) is 26.0 Å². The highest BCUT2D eigenvalue weighted by atomic mass is 32.2. The highest BCUT2D eigenvalue weighted by Crippen LogP contribution is 2.27. The average Bonchev–Trinajstić information content (AvgIpc) is 2.14. The van der Waals surface area contributed by atoms with Gasteiger partial charge in [0.25, 0.3) is 0 Å². The van der Waals surface area contributed by atoms with Gasteiger partial charge in [0, 0.05) is 0 Å². The number of hydrogen-bond acceptors (Lipinski definition) is 3. The standard InChI is InChI=1S/C8H4F4O3S/c1-2-3-4(9)6(11)8(16(13,14)15)7(12)5(3)10/h2H,1H2,(H,13,14,15)/p-1. The summed E-state index contributed by atoms with van der Waals surface area (Å²) in [6, 6.07) is 0. The normalized spacial score (nSPS) is 11.6. The first-order valence-corrected chi connectivity index (χ1v) is 5.07. The second-order valence-electron chi connectivity index (χ2n) is 2.66. The summed E-state index contributed by atoms with van der Waals surface area (Å²) in [5.74, 6) is -8.49. The Morgan fingerprint density at radius 2 is 1.38 bits per heavy atom. The molecule has 0 heterocycles. The summed E-state index contributed by atoms with van der Waals surface area (Å²) < 4.78 is 83.1. The van der Waals surface area contributed by atoms with Crippen LogP contribution in [0.3, 0.4) is 0 Å². The van der Waals surface area contributed by atoms with Crippen molar-refractivity contribution in [2.45, 2.75) is 4.90 Å². The first-order chi connectivity index (χ1) is 7.21. The molecular formula is C8H3F4O3S-. The van der Waals surface area contributed by atoms with Gasteiger partial charge in [-0.1, -0.05) is 12.7 Å². The van der Waals surface area contributed by atoms with Gasteiger partial charge < -0.3 is 4.55 Å². The summed E-state index contributed by atoms with van der Waals surface area (Å²) >= 11 is 0. The smallest absolute Gasteiger partial charge is 0.180 e. The predicted octanol–water partition coefficient (Wildman–Crippen LogP) is 1.79. The minimum absolute atomic E-state index is 0.456. The van der Waals surface area contributed by atoms with E-state index in [0.29, 0.717) is 6.08 Å². The van der Waals surface area contributed by atoms with Gasteiger partial charge in [-0.15, -0.1) is 0 Å². The van der Waals surface area contributed by atoms with E-state index < -0.39 is 43.8 Å². The van der Waals surface area contributed by atoms with Gasteiger partial charge in [0.05, 0.1) is 5.56 Å². The summed E-state index contributed by atoms with van der Waals surface area (Å²) in [6.07, 6.45) is 0.456. The maximum atomic E-state index is 13.0. The Kier molecular flexibility index (Phi) is 3.06. The van der Waals surface area contributed by atoms with Crippen molar-refractivity contribution >= 4 is 16.2 Å². The third-order valence-electron chi connectivity index (χ3n) is 1.71. The lowest BCUT2D eigenvalue weighted by Gasteiger charge is -2.12. The summed E-state index contributed by atoms with van der Waals surface area (Å²) in [4.78, 5) is -2.17. The van der Waals surface area contributed by atoms with Crippen LogP contribution >= 0.6 is 0 Å². The quantitative estimate of drug-likeness (QED) is 0.460. The second-order valence-corrected chi connectivity index (χ2v) is 3.97. The largest absolute Gasteiger partial charge is 0.744 e. The van der Waals surface area contributed by atoms with Gasteiger partial charge in [0.2, 0.25) is 0 Å². The lowest BCUT2D eigenvalue weighted by Crippen LogP contribution is -2.11. The molecule has 3 nitrogen and oxygen atoms in total. The van der Waals surface area contributed by atoms with Crippen LogP contribution in [0.15, 0.2) is 11.5 Å². The molecule has 0 aliphatic rings. The van der Waals surface area contributed by atoms with Crippen molar-refractivity contribution in [2.75, 3.05) is 0 Å². The van der Waals surface area contributed by atoms with Gasteiger partial charge in [-0.2, -0.15) is 0 Å². The van der Waals surface area contributed by atoms with Gasteiger partial charge in [-0.3, -0.25) is 0 Å². The fourth-order valence-electron chi connectivity index (χ4n) is 1.03. The Balaban J connectivity index is 3.89. The molecule has 0 radical (unpaired) electrons. The van der Waals surface area contributed by atoms with E-state index in [0.717, 1.165) is 0 Å². The van der Waals surface area contributed by atoms with Crippen LogP contribution in [0.5, 0.6) is 0 Å². The molecule has 88 valence electrons. The van der Waals surface area contributed by atoms with E-state index in [9.17, 15) is 30.5 Å². The van der Waals surface area contributed by atoms with Gasteiger partial charge >= 0.3 is 0 Å². The van der Waals surface area contributed by atoms with Crippen molar-refractivity contribution < 1.29 is 30.5 Å². The molecule has 0 aliphatic heterocycles. The maximum absolute atomic E-state index is 13.0.